The molecule has 1 aromatic carbocycles. The van der Waals surface area contributed by atoms with Crippen LogP contribution in [0.15, 0.2) is 18.2 Å². The molecular weight excluding hydrogens is 298 g/mol. The molecule has 2 rings (SSSR count). The molecule has 1 heterocycles. The van der Waals surface area contributed by atoms with Gasteiger partial charge < -0.3 is 25.4 Å². The van der Waals surface area contributed by atoms with Gasteiger partial charge in [0, 0.05) is 37.4 Å². The summed E-state index contributed by atoms with van der Waals surface area (Å²) in [6.07, 6.45) is 0.460. The highest BCUT2D eigenvalue weighted by atomic mass is 16.5. The standard InChI is InChI=1S/C16H23N3O4/c1-12-4-5-13(19-7-9-23-10-8-19)11-14(12)18-16(22)17-6-2-3-15(20)21/h4-5,11H,2-3,6-10H2,1H3,(H,20,21)(H2,17,18,22). The van der Waals surface area contributed by atoms with Crippen molar-refractivity contribution in [1.82, 2.24) is 5.32 Å². The van der Waals surface area contributed by atoms with E-state index in [1.807, 2.05) is 25.1 Å². The number of urea groups is 1. The van der Waals surface area contributed by atoms with Crippen LogP contribution < -0.4 is 15.5 Å². The summed E-state index contributed by atoms with van der Waals surface area (Å²) in [6.45, 7) is 5.36. The summed E-state index contributed by atoms with van der Waals surface area (Å²) in [7, 11) is 0. The molecule has 1 aliphatic heterocycles. The van der Waals surface area contributed by atoms with Crippen LogP contribution in [0.1, 0.15) is 18.4 Å². The number of hydrogen-bond donors (Lipinski definition) is 3. The molecule has 1 saturated heterocycles. The van der Waals surface area contributed by atoms with Gasteiger partial charge in [-0.25, -0.2) is 4.79 Å². The molecule has 0 radical (unpaired) electrons. The molecule has 3 N–H and O–H groups in total. The number of anilines is 2. The number of aliphatic carboxylic acids is 1. The first-order valence-electron chi connectivity index (χ1n) is 7.76. The van der Waals surface area contributed by atoms with Gasteiger partial charge in [0.15, 0.2) is 0 Å². The lowest BCUT2D eigenvalue weighted by Gasteiger charge is -2.29. The molecule has 1 fully saturated rings. The van der Waals surface area contributed by atoms with Gasteiger partial charge >= 0.3 is 12.0 Å². The SMILES string of the molecule is Cc1ccc(N2CCOCC2)cc1NC(=O)NCCCC(=O)O. The lowest BCUT2D eigenvalue weighted by Crippen LogP contribution is -2.36. The minimum absolute atomic E-state index is 0.0474. The van der Waals surface area contributed by atoms with Crippen LogP contribution in [-0.4, -0.2) is 50.0 Å². The summed E-state index contributed by atoms with van der Waals surface area (Å²) in [4.78, 5) is 24.5. The number of rotatable bonds is 6. The van der Waals surface area contributed by atoms with Gasteiger partial charge in [0.1, 0.15) is 0 Å². The molecule has 0 spiro atoms. The van der Waals surface area contributed by atoms with Crippen LogP contribution in [0.25, 0.3) is 0 Å². The zero-order valence-electron chi connectivity index (χ0n) is 13.3. The molecule has 23 heavy (non-hydrogen) atoms. The minimum Gasteiger partial charge on any atom is -0.481 e. The number of morpholine rings is 1. The van der Waals surface area contributed by atoms with Crippen molar-refractivity contribution in [2.45, 2.75) is 19.8 Å². The molecule has 0 saturated carbocycles. The predicted octanol–water partition coefficient (Wildman–Crippen LogP) is 1.82. The third-order valence-electron chi connectivity index (χ3n) is 3.70. The molecule has 2 amide bonds. The monoisotopic (exact) mass is 321 g/mol. The molecular formula is C16H23N3O4. The first-order chi connectivity index (χ1) is 11.1. The number of nitrogens with one attached hydrogen (secondary N) is 2. The van der Waals surface area contributed by atoms with Crippen LogP contribution >= 0.6 is 0 Å². The summed E-state index contributed by atoms with van der Waals surface area (Å²) in [5.41, 5.74) is 2.78. The quantitative estimate of drug-likeness (QED) is 0.695. The summed E-state index contributed by atoms with van der Waals surface area (Å²) in [5, 5.41) is 14.1. The van der Waals surface area contributed by atoms with E-state index in [-0.39, 0.29) is 12.5 Å². The number of hydrogen-bond acceptors (Lipinski definition) is 4. The van der Waals surface area contributed by atoms with Crippen molar-refractivity contribution in [2.24, 2.45) is 0 Å². The molecule has 0 aromatic heterocycles. The number of benzene rings is 1. The highest BCUT2D eigenvalue weighted by molar-refractivity contribution is 5.90. The normalized spacial score (nSPS) is 14.4. The molecule has 0 unspecified atom stereocenters. The van der Waals surface area contributed by atoms with E-state index in [4.69, 9.17) is 9.84 Å². The Labute approximate surface area is 135 Å². The Morgan fingerprint density at radius 1 is 1.30 bits per heavy atom. The van der Waals surface area contributed by atoms with Crippen LogP contribution in [0.3, 0.4) is 0 Å². The van der Waals surface area contributed by atoms with Crippen LogP contribution in [0.5, 0.6) is 0 Å². The number of carboxylic acid groups (broad SMARTS) is 1. The van der Waals surface area contributed by atoms with Gasteiger partial charge in [-0.1, -0.05) is 6.07 Å². The topological polar surface area (TPSA) is 90.9 Å². The smallest absolute Gasteiger partial charge is 0.319 e. The number of ether oxygens (including phenoxy) is 1. The Balaban J connectivity index is 1.90. The number of carboxylic acids is 1. The van der Waals surface area contributed by atoms with Gasteiger partial charge in [0.2, 0.25) is 0 Å². The summed E-state index contributed by atoms with van der Waals surface area (Å²) in [5.74, 6) is -0.860. The Morgan fingerprint density at radius 3 is 2.74 bits per heavy atom. The number of aryl methyl sites for hydroxylation is 1. The third-order valence-corrected chi connectivity index (χ3v) is 3.70. The van der Waals surface area contributed by atoms with E-state index in [2.05, 4.69) is 15.5 Å². The Kier molecular flexibility index (Phi) is 6.22. The molecule has 126 valence electrons. The lowest BCUT2D eigenvalue weighted by molar-refractivity contribution is -0.137. The van der Waals surface area contributed by atoms with Crippen molar-refractivity contribution in [3.8, 4) is 0 Å². The number of carbonyl (C=O) groups is 2. The van der Waals surface area contributed by atoms with E-state index in [0.29, 0.717) is 26.2 Å². The molecule has 0 aliphatic carbocycles. The van der Waals surface area contributed by atoms with Crippen molar-refractivity contribution in [3.05, 3.63) is 23.8 Å². The fourth-order valence-electron chi connectivity index (χ4n) is 2.37. The van der Waals surface area contributed by atoms with Crippen molar-refractivity contribution in [3.63, 3.8) is 0 Å². The van der Waals surface area contributed by atoms with Gasteiger partial charge in [-0.05, 0) is 31.0 Å². The Morgan fingerprint density at radius 2 is 2.04 bits per heavy atom. The second-order valence-corrected chi connectivity index (χ2v) is 5.48. The Bertz CT molecular complexity index is 556. The fourth-order valence-corrected chi connectivity index (χ4v) is 2.37. The maximum Gasteiger partial charge on any atom is 0.319 e. The van der Waals surface area contributed by atoms with Crippen LogP contribution in [0.2, 0.25) is 0 Å². The highest BCUT2D eigenvalue weighted by Gasteiger charge is 2.13. The van der Waals surface area contributed by atoms with E-state index in [0.717, 1.165) is 30.0 Å². The van der Waals surface area contributed by atoms with E-state index < -0.39 is 5.97 Å². The Hall–Kier alpha value is -2.28. The number of carbonyl (C=O) groups excluding carboxylic acids is 1. The zero-order chi connectivity index (χ0) is 16.7. The average molecular weight is 321 g/mol. The lowest BCUT2D eigenvalue weighted by atomic mass is 10.1. The van der Waals surface area contributed by atoms with Gasteiger partial charge in [0.25, 0.3) is 0 Å². The van der Waals surface area contributed by atoms with Gasteiger partial charge in [-0.2, -0.15) is 0 Å². The van der Waals surface area contributed by atoms with Crippen molar-refractivity contribution < 1.29 is 19.4 Å². The van der Waals surface area contributed by atoms with Crippen molar-refractivity contribution in [1.29, 1.82) is 0 Å². The van der Waals surface area contributed by atoms with Crippen LogP contribution in [0.4, 0.5) is 16.2 Å². The molecule has 7 heteroatoms. The number of nitrogens with zero attached hydrogens (tertiary/aromatic N) is 1. The van der Waals surface area contributed by atoms with Crippen molar-refractivity contribution >= 4 is 23.4 Å². The first kappa shape index (κ1) is 17.1. The van der Waals surface area contributed by atoms with Gasteiger partial charge in [0.05, 0.1) is 13.2 Å². The third kappa shape index (κ3) is 5.45. The number of amides is 2. The van der Waals surface area contributed by atoms with Crippen LogP contribution in [0, 0.1) is 6.92 Å². The van der Waals surface area contributed by atoms with Crippen LogP contribution in [-0.2, 0) is 9.53 Å². The van der Waals surface area contributed by atoms with Crippen molar-refractivity contribution in [2.75, 3.05) is 43.1 Å². The summed E-state index contributed by atoms with van der Waals surface area (Å²) >= 11 is 0. The van der Waals surface area contributed by atoms with E-state index in [1.165, 1.54) is 0 Å². The minimum atomic E-state index is -0.860. The largest absolute Gasteiger partial charge is 0.481 e. The molecule has 1 aromatic rings. The van der Waals surface area contributed by atoms with E-state index in [1.54, 1.807) is 0 Å². The first-order valence-corrected chi connectivity index (χ1v) is 7.76. The summed E-state index contributed by atoms with van der Waals surface area (Å²) in [6, 6.07) is 5.65. The van der Waals surface area contributed by atoms with Gasteiger partial charge in [-0.15, -0.1) is 0 Å². The molecule has 7 nitrogen and oxygen atoms in total. The molecule has 0 atom stereocenters. The fraction of sp³-hybridized carbons (Fsp3) is 0.500. The average Bonchev–Trinajstić information content (AvgIpc) is 2.54. The second kappa shape index (κ2) is 8.38. The maximum absolute atomic E-state index is 11.9. The highest BCUT2D eigenvalue weighted by Crippen LogP contribution is 2.24. The van der Waals surface area contributed by atoms with E-state index >= 15 is 0 Å². The predicted molar refractivity (Wildman–Crippen MR) is 88.1 cm³/mol. The summed E-state index contributed by atoms with van der Waals surface area (Å²) < 4.78 is 5.35. The van der Waals surface area contributed by atoms with E-state index in [9.17, 15) is 9.59 Å². The molecule has 1 aliphatic rings. The zero-order valence-corrected chi connectivity index (χ0v) is 13.3. The van der Waals surface area contributed by atoms with Gasteiger partial charge in [-0.3, -0.25) is 4.79 Å². The second-order valence-electron chi connectivity index (χ2n) is 5.48. The maximum atomic E-state index is 11.9. The molecule has 0 bridgehead atoms.